The maximum atomic E-state index is 12.7. The van der Waals surface area contributed by atoms with Crippen LogP contribution < -0.4 is 10.6 Å². The average molecular weight is 410 g/mol. The molecule has 1 amide bonds. The van der Waals surface area contributed by atoms with Crippen LogP contribution in [0.25, 0.3) is 0 Å². The smallest absolute Gasteiger partial charge is 0.446 e. The number of nitrogens with one attached hydrogen (secondary N) is 3. The van der Waals surface area contributed by atoms with E-state index in [0.29, 0.717) is 12.2 Å². The molecule has 0 spiro atoms. The molecule has 2 aromatic heterocycles. The molecule has 0 aromatic carbocycles. The first kappa shape index (κ1) is 19.5. The minimum atomic E-state index is -4.61. The standard InChI is InChI=1S/C18H21F3N6O2/c1-17(5-6-17)25-16(28)29-11-3-2-10(8-11)12-9-14(27-26-12)23-13-4-7-22-15(24-13)18(19,20)21/h4,7,9-11H,2-3,5-6,8H2,1H3,(H,25,28)(H2,22,23,24,26,27)/t10-,11+/m0/s1. The van der Waals surface area contributed by atoms with Crippen LogP contribution in [-0.2, 0) is 10.9 Å². The van der Waals surface area contributed by atoms with Gasteiger partial charge in [-0.3, -0.25) is 5.10 Å². The molecule has 2 aromatic rings. The fourth-order valence-electron chi connectivity index (χ4n) is 3.38. The number of anilines is 2. The highest BCUT2D eigenvalue weighted by molar-refractivity contribution is 5.69. The Hall–Kier alpha value is -2.85. The third-order valence-electron chi connectivity index (χ3n) is 5.26. The molecule has 4 rings (SSSR count). The summed E-state index contributed by atoms with van der Waals surface area (Å²) in [5.74, 6) is -0.727. The van der Waals surface area contributed by atoms with E-state index in [9.17, 15) is 18.0 Å². The van der Waals surface area contributed by atoms with Crippen LogP contribution in [0, 0.1) is 0 Å². The Balaban J connectivity index is 1.33. The van der Waals surface area contributed by atoms with Gasteiger partial charge in [0.05, 0.1) is 0 Å². The number of aromatic amines is 1. The average Bonchev–Trinajstić information content (AvgIpc) is 3.04. The van der Waals surface area contributed by atoms with Gasteiger partial charge in [-0.1, -0.05) is 0 Å². The number of aromatic nitrogens is 4. The molecule has 2 aliphatic carbocycles. The van der Waals surface area contributed by atoms with Crippen LogP contribution in [0.1, 0.15) is 56.5 Å². The Morgan fingerprint density at radius 2 is 2.10 bits per heavy atom. The second-order valence-corrected chi connectivity index (χ2v) is 7.82. The van der Waals surface area contributed by atoms with Gasteiger partial charge in [0.1, 0.15) is 11.9 Å². The molecule has 0 radical (unpaired) electrons. The van der Waals surface area contributed by atoms with Crippen molar-refractivity contribution in [3.8, 4) is 0 Å². The van der Waals surface area contributed by atoms with Gasteiger partial charge >= 0.3 is 12.3 Å². The number of halogens is 3. The van der Waals surface area contributed by atoms with Crippen LogP contribution in [0.4, 0.5) is 29.6 Å². The molecular formula is C18H21F3N6O2. The molecule has 3 N–H and O–H groups in total. The maximum Gasteiger partial charge on any atom is 0.451 e. The Morgan fingerprint density at radius 1 is 1.31 bits per heavy atom. The second-order valence-electron chi connectivity index (χ2n) is 7.82. The van der Waals surface area contributed by atoms with Crippen LogP contribution in [0.15, 0.2) is 18.3 Å². The zero-order chi connectivity index (χ0) is 20.6. The molecule has 2 fully saturated rings. The molecular weight excluding hydrogens is 389 g/mol. The predicted octanol–water partition coefficient (Wildman–Crippen LogP) is 3.88. The molecule has 2 saturated carbocycles. The monoisotopic (exact) mass is 410 g/mol. The van der Waals surface area contributed by atoms with Crippen molar-refractivity contribution in [2.24, 2.45) is 0 Å². The summed E-state index contributed by atoms with van der Waals surface area (Å²) in [6, 6.07) is 3.07. The van der Waals surface area contributed by atoms with Crippen molar-refractivity contribution in [1.29, 1.82) is 0 Å². The Morgan fingerprint density at radius 3 is 2.83 bits per heavy atom. The van der Waals surface area contributed by atoms with E-state index in [1.807, 2.05) is 6.92 Å². The van der Waals surface area contributed by atoms with Crippen molar-refractivity contribution < 1.29 is 22.7 Å². The van der Waals surface area contributed by atoms with Crippen LogP contribution in [0.3, 0.4) is 0 Å². The summed E-state index contributed by atoms with van der Waals surface area (Å²) in [5.41, 5.74) is 0.713. The van der Waals surface area contributed by atoms with Gasteiger partial charge in [-0.05, 0) is 45.1 Å². The second kappa shape index (κ2) is 7.20. The Labute approximate surface area is 164 Å². The lowest BCUT2D eigenvalue weighted by Gasteiger charge is -2.16. The van der Waals surface area contributed by atoms with Crippen molar-refractivity contribution in [3.05, 3.63) is 29.8 Å². The van der Waals surface area contributed by atoms with Gasteiger partial charge in [0.15, 0.2) is 5.82 Å². The largest absolute Gasteiger partial charge is 0.451 e. The SMILES string of the molecule is CC1(NC(=O)O[C@@H]2CC[C@H](c3cc(Nc4ccnc(C(F)(F)F)n4)n[nH]3)C2)CC1. The Bertz CT molecular complexity index is 896. The normalized spacial score (nSPS) is 22.9. The van der Waals surface area contributed by atoms with E-state index in [2.05, 4.69) is 30.8 Å². The summed E-state index contributed by atoms with van der Waals surface area (Å²) in [5, 5.41) is 12.6. The van der Waals surface area contributed by atoms with E-state index in [1.54, 1.807) is 6.07 Å². The van der Waals surface area contributed by atoms with Crippen molar-refractivity contribution in [1.82, 2.24) is 25.5 Å². The number of hydrogen-bond donors (Lipinski definition) is 3. The number of nitrogens with zero attached hydrogens (tertiary/aromatic N) is 3. The van der Waals surface area contributed by atoms with Crippen molar-refractivity contribution >= 4 is 17.7 Å². The molecule has 156 valence electrons. The fraction of sp³-hybridized carbons (Fsp3) is 0.556. The van der Waals surface area contributed by atoms with Crippen LogP contribution in [0.2, 0.25) is 0 Å². The number of ether oxygens (including phenoxy) is 1. The predicted molar refractivity (Wildman–Crippen MR) is 96.5 cm³/mol. The summed E-state index contributed by atoms with van der Waals surface area (Å²) < 4.78 is 43.7. The number of hydrogen-bond acceptors (Lipinski definition) is 6. The van der Waals surface area contributed by atoms with Gasteiger partial charge in [0, 0.05) is 29.4 Å². The van der Waals surface area contributed by atoms with Crippen molar-refractivity contribution in [2.45, 2.75) is 62.8 Å². The molecule has 0 unspecified atom stereocenters. The minimum Gasteiger partial charge on any atom is -0.446 e. The van der Waals surface area contributed by atoms with Crippen LogP contribution in [0.5, 0.6) is 0 Å². The number of H-pyrrole nitrogens is 1. The van der Waals surface area contributed by atoms with Crippen molar-refractivity contribution in [3.63, 3.8) is 0 Å². The molecule has 2 aliphatic rings. The third-order valence-corrected chi connectivity index (χ3v) is 5.26. The molecule has 29 heavy (non-hydrogen) atoms. The highest BCUT2D eigenvalue weighted by Crippen LogP contribution is 2.37. The number of amides is 1. The van der Waals surface area contributed by atoms with Crippen LogP contribution in [-0.4, -0.2) is 37.9 Å². The van der Waals surface area contributed by atoms with Crippen LogP contribution >= 0.6 is 0 Å². The molecule has 8 nitrogen and oxygen atoms in total. The molecule has 2 heterocycles. The van der Waals surface area contributed by atoms with Gasteiger partial charge < -0.3 is 15.4 Å². The lowest BCUT2D eigenvalue weighted by atomic mass is 10.0. The highest BCUT2D eigenvalue weighted by Gasteiger charge is 2.40. The first-order valence-corrected chi connectivity index (χ1v) is 9.42. The Kier molecular flexibility index (Phi) is 4.83. The highest BCUT2D eigenvalue weighted by atomic mass is 19.4. The van der Waals surface area contributed by atoms with E-state index < -0.39 is 12.0 Å². The summed E-state index contributed by atoms with van der Waals surface area (Å²) in [4.78, 5) is 18.6. The summed E-state index contributed by atoms with van der Waals surface area (Å²) in [6.45, 7) is 1.99. The number of alkyl halides is 3. The van der Waals surface area contributed by atoms with E-state index in [4.69, 9.17) is 4.74 Å². The first-order valence-electron chi connectivity index (χ1n) is 9.42. The van der Waals surface area contributed by atoms with Gasteiger partial charge in [0.2, 0.25) is 5.82 Å². The molecule has 11 heteroatoms. The quantitative estimate of drug-likeness (QED) is 0.691. The molecule has 2 atom stereocenters. The molecule has 0 bridgehead atoms. The van der Waals surface area contributed by atoms with Gasteiger partial charge in [0.25, 0.3) is 0 Å². The number of carbonyl (C=O) groups excluding carboxylic acids is 1. The topological polar surface area (TPSA) is 105 Å². The van der Waals surface area contributed by atoms with E-state index in [1.165, 1.54) is 6.07 Å². The lowest BCUT2D eigenvalue weighted by Crippen LogP contribution is -2.36. The number of rotatable bonds is 5. The number of alkyl carbamates (subject to hydrolysis) is 1. The minimum absolute atomic E-state index is 0.00301. The fourth-order valence-corrected chi connectivity index (χ4v) is 3.38. The maximum absolute atomic E-state index is 12.7. The van der Waals surface area contributed by atoms with Gasteiger partial charge in [-0.15, -0.1) is 0 Å². The number of carbonyl (C=O) groups is 1. The van der Waals surface area contributed by atoms with E-state index in [-0.39, 0.29) is 29.5 Å². The summed E-state index contributed by atoms with van der Waals surface area (Å²) in [6.07, 6.45) is 0.0444. The zero-order valence-corrected chi connectivity index (χ0v) is 15.7. The van der Waals surface area contributed by atoms with Gasteiger partial charge in [-0.2, -0.15) is 18.3 Å². The molecule has 0 aliphatic heterocycles. The lowest BCUT2D eigenvalue weighted by molar-refractivity contribution is -0.144. The van der Waals surface area contributed by atoms with Crippen molar-refractivity contribution in [2.75, 3.05) is 5.32 Å². The van der Waals surface area contributed by atoms with E-state index in [0.717, 1.165) is 37.6 Å². The van der Waals surface area contributed by atoms with Gasteiger partial charge in [-0.25, -0.2) is 14.8 Å². The zero-order valence-electron chi connectivity index (χ0n) is 15.7. The first-order chi connectivity index (χ1) is 13.7. The molecule has 0 saturated heterocycles. The third kappa shape index (κ3) is 4.77. The summed E-state index contributed by atoms with van der Waals surface area (Å²) in [7, 11) is 0. The van der Waals surface area contributed by atoms with E-state index >= 15 is 0 Å². The summed E-state index contributed by atoms with van der Waals surface area (Å²) >= 11 is 0.